The van der Waals surface area contributed by atoms with E-state index in [1.54, 1.807) is 11.3 Å². The Morgan fingerprint density at radius 3 is 3.00 bits per heavy atom. The van der Waals surface area contributed by atoms with E-state index in [9.17, 15) is 0 Å². The van der Waals surface area contributed by atoms with Gasteiger partial charge in [-0.25, -0.2) is 0 Å². The highest BCUT2D eigenvalue weighted by atomic mass is 79.9. The van der Waals surface area contributed by atoms with E-state index < -0.39 is 0 Å². The van der Waals surface area contributed by atoms with E-state index in [0.29, 0.717) is 0 Å². The molecule has 1 unspecified atom stereocenters. The van der Waals surface area contributed by atoms with Crippen molar-refractivity contribution in [2.75, 3.05) is 0 Å². The third-order valence-corrected chi connectivity index (χ3v) is 3.64. The first-order valence-electron chi connectivity index (χ1n) is 4.88. The maximum atomic E-state index is 5.59. The van der Waals surface area contributed by atoms with Gasteiger partial charge in [0.1, 0.15) is 0 Å². The van der Waals surface area contributed by atoms with E-state index >= 15 is 0 Å². The molecule has 0 saturated carbocycles. The maximum absolute atomic E-state index is 5.59. The van der Waals surface area contributed by atoms with Gasteiger partial charge >= 0.3 is 0 Å². The Kier molecular flexibility index (Phi) is 4.06. The highest BCUT2D eigenvalue weighted by Crippen LogP contribution is 2.22. The number of hydrogen-bond acceptors (Lipinski definition) is 4. The Morgan fingerprint density at radius 2 is 2.38 bits per heavy atom. The fourth-order valence-corrected chi connectivity index (χ4v) is 2.60. The van der Waals surface area contributed by atoms with Crippen LogP contribution in [0.1, 0.15) is 16.5 Å². The number of thiazole rings is 1. The molecule has 84 valence electrons. The molecule has 2 aromatic rings. The number of nitrogens with zero attached hydrogens (tertiary/aromatic N) is 1. The van der Waals surface area contributed by atoms with Crippen molar-refractivity contribution in [3.05, 3.63) is 50.9 Å². The van der Waals surface area contributed by atoms with Crippen LogP contribution in [-0.4, -0.2) is 4.98 Å². The van der Waals surface area contributed by atoms with Crippen molar-refractivity contribution in [1.29, 1.82) is 0 Å². The number of halogens is 1. The summed E-state index contributed by atoms with van der Waals surface area (Å²) in [7, 11) is 0. The Balaban J connectivity index is 2.16. The SMILES string of the molecule is NNC(Cc1cncs1)c1cccc(Br)c1. The van der Waals surface area contributed by atoms with Gasteiger partial charge in [0, 0.05) is 22.0 Å². The Morgan fingerprint density at radius 1 is 1.50 bits per heavy atom. The molecule has 0 fully saturated rings. The average molecular weight is 298 g/mol. The molecule has 2 rings (SSSR count). The van der Waals surface area contributed by atoms with Crippen LogP contribution in [0.25, 0.3) is 0 Å². The molecule has 0 aliphatic carbocycles. The second kappa shape index (κ2) is 5.54. The van der Waals surface area contributed by atoms with Gasteiger partial charge in [-0.15, -0.1) is 11.3 Å². The number of benzene rings is 1. The Bertz CT molecular complexity index is 444. The lowest BCUT2D eigenvalue weighted by molar-refractivity contribution is 0.555. The van der Waals surface area contributed by atoms with Gasteiger partial charge in [0.15, 0.2) is 0 Å². The summed E-state index contributed by atoms with van der Waals surface area (Å²) >= 11 is 5.11. The van der Waals surface area contributed by atoms with Gasteiger partial charge in [0.25, 0.3) is 0 Å². The molecule has 0 aliphatic heterocycles. The summed E-state index contributed by atoms with van der Waals surface area (Å²) in [5.74, 6) is 5.59. The van der Waals surface area contributed by atoms with Gasteiger partial charge in [-0.2, -0.15) is 0 Å². The quantitative estimate of drug-likeness (QED) is 0.674. The van der Waals surface area contributed by atoms with Crippen LogP contribution in [0, 0.1) is 0 Å². The molecule has 0 radical (unpaired) electrons. The molecular weight excluding hydrogens is 286 g/mol. The molecule has 1 aromatic carbocycles. The van der Waals surface area contributed by atoms with Crippen LogP contribution in [0.15, 0.2) is 40.4 Å². The van der Waals surface area contributed by atoms with Crippen molar-refractivity contribution in [2.24, 2.45) is 5.84 Å². The second-order valence-electron chi connectivity index (χ2n) is 3.45. The summed E-state index contributed by atoms with van der Waals surface area (Å²) in [6.45, 7) is 0. The first kappa shape index (κ1) is 11.7. The van der Waals surface area contributed by atoms with Gasteiger partial charge < -0.3 is 0 Å². The van der Waals surface area contributed by atoms with E-state index in [4.69, 9.17) is 5.84 Å². The van der Waals surface area contributed by atoms with Gasteiger partial charge in [-0.05, 0) is 17.7 Å². The lowest BCUT2D eigenvalue weighted by atomic mass is 10.0. The molecular formula is C11H12BrN3S. The molecule has 3 N–H and O–H groups in total. The van der Waals surface area contributed by atoms with E-state index in [1.807, 2.05) is 23.8 Å². The third kappa shape index (κ3) is 2.89. The summed E-state index contributed by atoms with van der Waals surface area (Å²) < 4.78 is 1.06. The minimum Gasteiger partial charge on any atom is -0.271 e. The number of hydrogen-bond donors (Lipinski definition) is 2. The zero-order chi connectivity index (χ0) is 11.4. The number of nitrogens with two attached hydrogens (primary N) is 1. The zero-order valence-corrected chi connectivity index (χ0v) is 11.0. The predicted octanol–water partition coefficient (Wildman–Crippen LogP) is 2.65. The third-order valence-electron chi connectivity index (χ3n) is 2.34. The van der Waals surface area contributed by atoms with Crippen LogP contribution < -0.4 is 11.3 Å². The van der Waals surface area contributed by atoms with Crippen LogP contribution in [0.5, 0.6) is 0 Å². The minimum absolute atomic E-state index is 0.123. The van der Waals surface area contributed by atoms with Gasteiger partial charge in [0.05, 0.1) is 11.6 Å². The van der Waals surface area contributed by atoms with Gasteiger partial charge in [-0.3, -0.25) is 16.3 Å². The van der Waals surface area contributed by atoms with Crippen molar-refractivity contribution < 1.29 is 0 Å². The molecule has 0 amide bonds. The molecule has 1 aromatic heterocycles. The molecule has 0 aliphatic rings. The lowest BCUT2D eigenvalue weighted by Gasteiger charge is -2.15. The monoisotopic (exact) mass is 297 g/mol. The molecule has 0 spiro atoms. The highest BCUT2D eigenvalue weighted by Gasteiger charge is 2.11. The van der Waals surface area contributed by atoms with Crippen LogP contribution in [0.4, 0.5) is 0 Å². The molecule has 0 bridgehead atoms. The standard InChI is InChI=1S/C11H12BrN3S/c12-9-3-1-2-8(4-9)11(15-13)5-10-6-14-7-16-10/h1-4,6-7,11,15H,5,13H2. The smallest absolute Gasteiger partial charge is 0.0794 e. The van der Waals surface area contributed by atoms with Crippen LogP contribution in [0.3, 0.4) is 0 Å². The van der Waals surface area contributed by atoms with Gasteiger partial charge in [-0.1, -0.05) is 28.1 Å². The Labute approximate surface area is 107 Å². The van der Waals surface area contributed by atoms with Crippen molar-refractivity contribution >= 4 is 27.3 Å². The van der Waals surface area contributed by atoms with Crippen LogP contribution in [-0.2, 0) is 6.42 Å². The normalized spacial score (nSPS) is 12.6. The van der Waals surface area contributed by atoms with E-state index in [-0.39, 0.29) is 6.04 Å². The van der Waals surface area contributed by atoms with E-state index in [1.165, 1.54) is 10.4 Å². The molecule has 5 heteroatoms. The topological polar surface area (TPSA) is 50.9 Å². The summed E-state index contributed by atoms with van der Waals surface area (Å²) in [5.41, 5.74) is 5.85. The van der Waals surface area contributed by atoms with Crippen molar-refractivity contribution in [3.8, 4) is 0 Å². The van der Waals surface area contributed by atoms with Gasteiger partial charge in [0.2, 0.25) is 0 Å². The van der Waals surface area contributed by atoms with Crippen LogP contribution >= 0.6 is 27.3 Å². The number of rotatable bonds is 4. The molecule has 1 heterocycles. The molecule has 0 saturated heterocycles. The fourth-order valence-electron chi connectivity index (χ4n) is 1.54. The summed E-state index contributed by atoms with van der Waals surface area (Å²) in [4.78, 5) is 5.29. The zero-order valence-electron chi connectivity index (χ0n) is 8.56. The summed E-state index contributed by atoms with van der Waals surface area (Å²) in [5, 5.41) is 0. The average Bonchev–Trinajstić information content (AvgIpc) is 2.78. The summed E-state index contributed by atoms with van der Waals surface area (Å²) in [6, 6.07) is 8.28. The van der Waals surface area contributed by atoms with Crippen LogP contribution in [0.2, 0.25) is 0 Å². The van der Waals surface area contributed by atoms with Crippen molar-refractivity contribution in [2.45, 2.75) is 12.5 Å². The van der Waals surface area contributed by atoms with Crippen molar-refractivity contribution in [1.82, 2.24) is 10.4 Å². The fraction of sp³-hybridized carbons (Fsp3) is 0.182. The Hall–Kier alpha value is -0.750. The molecule has 16 heavy (non-hydrogen) atoms. The largest absolute Gasteiger partial charge is 0.271 e. The highest BCUT2D eigenvalue weighted by molar-refractivity contribution is 9.10. The number of hydrazine groups is 1. The first-order chi connectivity index (χ1) is 7.79. The molecule has 1 atom stereocenters. The predicted molar refractivity (Wildman–Crippen MR) is 70.0 cm³/mol. The molecule has 3 nitrogen and oxygen atoms in total. The van der Waals surface area contributed by atoms with Crippen molar-refractivity contribution in [3.63, 3.8) is 0 Å². The maximum Gasteiger partial charge on any atom is 0.0794 e. The lowest BCUT2D eigenvalue weighted by Crippen LogP contribution is -2.29. The van der Waals surface area contributed by atoms with E-state index in [0.717, 1.165) is 10.9 Å². The minimum atomic E-state index is 0.123. The number of aromatic nitrogens is 1. The van der Waals surface area contributed by atoms with E-state index in [2.05, 4.69) is 38.5 Å². The number of nitrogens with one attached hydrogen (secondary N) is 1. The summed E-state index contributed by atoms with van der Waals surface area (Å²) in [6.07, 6.45) is 2.74. The second-order valence-corrected chi connectivity index (χ2v) is 5.33. The first-order valence-corrected chi connectivity index (χ1v) is 6.56.